The van der Waals surface area contributed by atoms with Crippen molar-refractivity contribution in [3.63, 3.8) is 0 Å². The third-order valence-corrected chi connectivity index (χ3v) is 5.14. The number of hydrogen-bond donors (Lipinski definition) is 1. The van der Waals surface area contributed by atoms with E-state index in [1.54, 1.807) is 0 Å². The van der Waals surface area contributed by atoms with Crippen molar-refractivity contribution in [1.29, 1.82) is 0 Å². The Morgan fingerprint density at radius 1 is 1.24 bits per heavy atom. The van der Waals surface area contributed by atoms with E-state index in [9.17, 15) is 4.79 Å². The summed E-state index contributed by atoms with van der Waals surface area (Å²) in [7, 11) is 4.13. The fourth-order valence-electron chi connectivity index (χ4n) is 4.04. The van der Waals surface area contributed by atoms with Crippen molar-refractivity contribution in [2.24, 2.45) is 7.05 Å². The average Bonchev–Trinajstić information content (AvgIpc) is 2.69. The van der Waals surface area contributed by atoms with E-state index in [1.807, 2.05) is 11.7 Å². The molecule has 0 unspecified atom stereocenters. The van der Waals surface area contributed by atoms with Gasteiger partial charge in [-0.3, -0.25) is 9.48 Å². The molecule has 0 aromatic carbocycles. The highest BCUT2D eigenvalue weighted by atomic mass is 16.1. The lowest BCUT2D eigenvalue weighted by atomic mass is 9.78. The number of carbonyl (C=O) groups is 1. The maximum atomic E-state index is 12.5. The Morgan fingerprint density at radius 3 is 2.62 bits per heavy atom. The van der Waals surface area contributed by atoms with Crippen molar-refractivity contribution in [3.05, 3.63) is 5.69 Å². The van der Waals surface area contributed by atoms with E-state index in [-0.39, 0.29) is 11.4 Å². The van der Waals surface area contributed by atoms with Crippen LogP contribution in [0.3, 0.4) is 0 Å². The topological polar surface area (TPSA) is 50.2 Å². The van der Waals surface area contributed by atoms with Crippen LogP contribution in [0.1, 0.15) is 57.6 Å². The number of nitrogens with zero attached hydrogens (tertiary/aromatic N) is 3. The van der Waals surface area contributed by atoms with E-state index in [1.165, 1.54) is 19.3 Å². The molecule has 0 atom stereocenters. The van der Waals surface area contributed by atoms with Crippen LogP contribution >= 0.6 is 0 Å². The lowest BCUT2D eigenvalue weighted by Crippen LogP contribution is -2.49. The van der Waals surface area contributed by atoms with Gasteiger partial charge in [0.15, 0.2) is 5.82 Å². The van der Waals surface area contributed by atoms with Crippen molar-refractivity contribution in [2.75, 3.05) is 17.3 Å². The third kappa shape index (κ3) is 2.32. The molecule has 1 N–H and O–H groups in total. The van der Waals surface area contributed by atoms with Crippen LogP contribution in [0, 0.1) is 0 Å². The summed E-state index contributed by atoms with van der Waals surface area (Å²) in [6, 6.07) is 0. The monoisotopic (exact) mass is 290 g/mol. The van der Waals surface area contributed by atoms with E-state index in [0.717, 1.165) is 42.9 Å². The molecule has 2 aliphatic rings. The van der Waals surface area contributed by atoms with Gasteiger partial charge in [-0.1, -0.05) is 32.6 Å². The molecule has 1 saturated carbocycles. The first kappa shape index (κ1) is 14.4. The molecule has 21 heavy (non-hydrogen) atoms. The first-order chi connectivity index (χ1) is 10.1. The molecule has 1 fully saturated rings. The van der Waals surface area contributed by atoms with Crippen LogP contribution in [0.4, 0.5) is 11.5 Å². The average molecular weight is 290 g/mol. The predicted molar refractivity (Wildman–Crippen MR) is 84.7 cm³/mol. The molecule has 1 amide bonds. The summed E-state index contributed by atoms with van der Waals surface area (Å²) in [5.41, 5.74) is 1.93. The normalized spacial score (nSPS) is 21.1. The lowest BCUT2D eigenvalue weighted by Gasteiger charge is -2.44. The molecule has 1 aromatic rings. The Morgan fingerprint density at radius 2 is 1.95 bits per heavy atom. The molecule has 116 valence electrons. The molecule has 3 rings (SSSR count). The molecule has 1 aromatic heterocycles. The van der Waals surface area contributed by atoms with Gasteiger partial charge >= 0.3 is 0 Å². The van der Waals surface area contributed by atoms with Gasteiger partial charge in [-0.15, -0.1) is 0 Å². The second-order valence-electron chi connectivity index (χ2n) is 6.59. The van der Waals surface area contributed by atoms with Crippen LogP contribution in [0.25, 0.3) is 0 Å². The summed E-state index contributed by atoms with van der Waals surface area (Å²) in [5.74, 6) is 1.22. The third-order valence-electron chi connectivity index (χ3n) is 5.14. The highest BCUT2D eigenvalue weighted by Gasteiger charge is 2.43. The number of fused-ring (bicyclic) bond motifs is 1. The van der Waals surface area contributed by atoms with E-state index < -0.39 is 0 Å². The maximum absolute atomic E-state index is 12.5. The van der Waals surface area contributed by atoms with Gasteiger partial charge in [-0.05, 0) is 19.3 Å². The number of amides is 1. The Labute approximate surface area is 126 Å². The predicted octanol–water partition coefficient (Wildman–Crippen LogP) is 2.85. The maximum Gasteiger partial charge on any atom is 0.226 e. The van der Waals surface area contributed by atoms with Crippen molar-refractivity contribution < 1.29 is 4.79 Å². The molecule has 5 heteroatoms. The smallest absolute Gasteiger partial charge is 0.226 e. The SMILES string of the molecule is CCCc1nn(C)c2c1NC(=O)CC1(CCCCC1)N2C. The Kier molecular flexibility index (Phi) is 3.68. The number of rotatable bonds is 2. The largest absolute Gasteiger partial charge is 0.352 e. The quantitative estimate of drug-likeness (QED) is 0.911. The van der Waals surface area contributed by atoms with Crippen LogP contribution in [-0.2, 0) is 18.3 Å². The highest BCUT2D eigenvalue weighted by Crippen LogP contribution is 2.44. The molecular formula is C16H26N4O. The number of aromatic nitrogens is 2. The molecule has 0 saturated heterocycles. The second kappa shape index (κ2) is 5.35. The van der Waals surface area contributed by atoms with Crippen LogP contribution in [0.2, 0.25) is 0 Å². The summed E-state index contributed by atoms with van der Waals surface area (Å²) in [4.78, 5) is 14.8. The molecular weight excluding hydrogens is 264 g/mol. The molecule has 1 aliphatic carbocycles. The minimum Gasteiger partial charge on any atom is -0.352 e. The minimum atomic E-state index is -0.0230. The Balaban J connectivity index is 2.07. The van der Waals surface area contributed by atoms with Gasteiger partial charge in [0.05, 0.1) is 17.7 Å². The summed E-state index contributed by atoms with van der Waals surface area (Å²) in [6.07, 6.45) is 8.47. The van der Waals surface area contributed by atoms with E-state index in [0.29, 0.717) is 6.42 Å². The van der Waals surface area contributed by atoms with Gasteiger partial charge in [0.2, 0.25) is 5.91 Å². The standard InChI is InChI=1S/C16H26N4O/c1-4-8-12-14-15(20(3)18-12)19(2)16(11-13(21)17-14)9-6-5-7-10-16/h4-11H2,1-3H3,(H,17,21). The van der Waals surface area contributed by atoms with Crippen LogP contribution in [0.15, 0.2) is 0 Å². The van der Waals surface area contributed by atoms with Crippen LogP contribution < -0.4 is 10.2 Å². The van der Waals surface area contributed by atoms with Gasteiger partial charge in [-0.25, -0.2) is 0 Å². The van der Waals surface area contributed by atoms with Crippen molar-refractivity contribution in [3.8, 4) is 0 Å². The molecule has 2 heterocycles. The van der Waals surface area contributed by atoms with Crippen molar-refractivity contribution in [2.45, 2.75) is 63.8 Å². The van der Waals surface area contributed by atoms with Gasteiger partial charge in [0.25, 0.3) is 0 Å². The number of anilines is 2. The number of aryl methyl sites for hydroxylation is 2. The van der Waals surface area contributed by atoms with E-state index in [2.05, 4.69) is 29.3 Å². The fraction of sp³-hybridized carbons (Fsp3) is 0.750. The summed E-state index contributed by atoms with van der Waals surface area (Å²) < 4.78 is 1.95. The second-order valence-corrected chi connectivity index (χ2v) is 6.59. The molecule has 0 bridgehead atoms. The van der Waals surface area contributed by atoms with Crippen LogP contribution in [-0.4, -0.2) is 28.3 Å². The molecule has 1 aliphatic heterocycles. The molecule has 0 radical (unpaired) electrons. The Hall–Kier alpha value is -1.52. The number of nitrogens with one attached hydrogen (secondary N) is 1. The zero-order valence-electron chi connectivity index (χ0n) is 13.4. The summed E-state index contributed by atoms with van der Waals surface area (Å²) in [5, 5.41) is 7.78. The van der Waals surface area contributed by atoms with Gasteiger partial charge < -0.3 is 10.2 Å². The number of hydrogen-bond acceptors (Lipinski definition) is 3. The zero-order chi connectivity index (χ0) is 15.0. The number of carbonyl (C=O) groups excluding carboxylic acids is 1. The van der Waals surface area contributed by atoms with E-state index in [4.69, 9.17) is 0 Å². The highest BCUT2D eigenvalue weighted by molar-refractivity contribution is 5.97. The first-order valence-corrected chi connectivity index (χ1v) is 8.17. The minimum absolute atomic E-state index is 0.0230. The summed E-state index contributed by atoms with van der Waals surface area (Å²) >= 11 is 0. The lowest BCUT2D eigenvalue weighted by molar-refractivity contribution is -0.117. The van der Waals surface area contributed by atoms with Gasteiger partial charge in [0, 0.05) is 14.1 Å². The first-order valence-electron chi connectivity index (χ1n) is 8.17. The van der Waals surface area contributed by atoms with Crippen molar-refractivity contribution in [1.82, 2.24) is 9.78 Å². The zero-order valence-corrected chi connectivity index (χ0v) is 13.4. The van der Waals surface area contributed by atoms with Crippen molar-refractivity contribution >= 4 is 17.4 Å². The fourth-order valence-corrected chi connectivity index (χ4v) is 4.04. The molecule has 5 nitrogen and oxygen atoms in total. The van der Waals surface area contributed by atoms with Crippen LogP contribution in [0.5, 0.6) is 0 Å². The summed E-state index contributed by atoms with van der Waals surface area (Å²) in [6.45, 7) is 2.14. The van der Waals surface area contributed by atoms with Gasteiger partial charge in [0.1, 0.15) is 5.69 Å². The molecule has 1 spiro atoms. The Bertz CT molecular complexity index is 543. The van der Waals surface area contributed by atoms with E-state index >= 15 is 0 Å². The van der Waals surface area contributed by atoms with Gasteiger partial charge in [-0.2, -0.15) is 5.10 Å².